The van der Waals surface area contributed by atoms with Gasteiger partial charge in [-0.2, -0.15) is 0 Å². The maximum absolute atomic E-state index is 6.14. The highest BCUT2D eigenvalue weighted by Crippen LogP contribution is 2.43. The van der Waals surface area contributed by atoms with Gasteiger partial charge in [0.2, 0.25) is 0 Å². The van der Waals surface area contributed by atoms with Crippen LogP contribution in [0.4, 0.5) is 0 Å². The van der Waals surface area contributed by atoms with Gasteiger partial charge in [0.15, 0.2) is 0 Å². The van der Waals surface area contributed by atoms with Crippen molar-refractivity contribution in [1.29, 1.82) is 0 Å². The Morgan fingerprint density at radius 2 is 1.68 bits per heavy atom. The molecule has 0 spiro atoms. The molecule has 2 fully saturated rings. The molecule has 2 heteroatoms. The fraction of sp³-hybridized carbons (Fsp3) is 1.00. The molecule has 0 bridgehead atoms. The molecule has 0 saturated heterocycles. The third kappa shape index (κ3) is 3.52. The zero-order valence-electron chi connectivity index (χ0n) is 13.3. The summed E-state index contributed by atoms with van der Waals surface area (Å²) in [6, 6.07) is 0.749. The maximum Gasteiger partial charge on any atom is 0.0306 e. The van der Waals surface area contributed by atoms with Crippen molar-refractivity contribution in [3.05, 3.63) is 0 Å². The van der Waals surface area contributed by atoms with Crippen molar-refractivity contribution in [3.63, 3.8) is 0 Å². The van der Waals surface area contributed by atoms with Gasteiger partial charge in [-0.05, 0) is 49.9 Å². The molecule has 0 radical (unpaired) electrons. The first kappa shape index (κ1) is 15.3. The molecule has 0 heterocycles. The third-order valence-electron chi connectivity index (χ3n) is 6.22. The monoisotopic (exact) mass is 266 g/mol. The molecule has 3 N–H and O–H groups in total. The molecule has 0 aromatic heterocycles. The lowest BCUT2D eigenvalue weighted by atomic mass is 9.65. The first-order valence-electron chi connectivity index (χ1n) is 8.49. The first-order valence-corrected chi connectivity index (χ1v) is 8.49. The molecular weight excluding hydrogens is 232 g/mol. The average Bonchev–Trinajstić information content (AvgIpc) is 2.92. The minimum absolute atomic E-state index is 0.259. The second kappa shape index (κ2) is 6.13. The number of nitrogens with one attached hydrogen (secondary N) is 1. The molecule has 19 heavy (non-hydrogen) atoms. The molecular formula is C17H34N2. The van der Waals surface area contributed by atoms with E-state index in [2.05, 4.69) is 26.1 Å². The van der Waals surface area contributed by atoms with E-state index < -0.39 is 0 Å². The van der Waals surface area contributed by atoms with E-state index in [0.717, 1.165) is 18.5 Å². The molecule has 112 valence electrons. The van der Waals surface area contributed by atoms with Crippen LogP contribution in [0, 0.1) is 11.3 Å². The number of rotatable bonds is 5. The highest BCUT2D eigenvalue weighted by Gasteiger charge is 2.40. The molecule has 2 nitrogen and oxygen atoms in total. The van der Waals surface area contributed by atoms with Crippen LogP contribution < -0.4 is 11.1 Å². The topological polar surface area (TPSA) is 38.0 Å². The van der Waals surface area contributed by atoms with Crippen molar-refractivity contribution in [2.24, 2.45) is 17.1 Å². The van der Waals surface area contributed by atoms with Gasteiger partial charge >= 0.3 is 0 Å². The van der Waals surface area contributed by atoms with E-state index in [4.69, 9.17) is 5.73 Å². The Morgan fingerprint density at radius 3 is 2.16 bits per heavy atom. The summed E-state index contributed by atoms with van der Waals surface area (Å²) < 4.78 is 0. The summed E-state index contributed by atoms with van der Waals surface area (Å²) >= 11 is 0. The van der Waals surface area contributed by atoms with Crippen LogP contribution in [0.1, 0.15) is 78.6 Å². The van der Waals surface area contributed by atoms with Crippen LogP contribution in [0.3, 0.4) is 0 Å². The molecule has 0 amide bonds. The van der Waals surface area contributed by atoms with Gasteiger partial charge in [-0.25, -0.2) is 0 Å². The Bertz CT molecular complexity index is 271. The average molecular weight is 266 g/mol. The van der Waals surface area contributed by atoms with Crippen LogP contribution in [-0.2, 0) is 0 Å². The first-order chi connectivity index (χ1) is 9.01. The highest BCUT2D eigenvalue weighted by atomic mass is 15.0. The molecule has 2 aliphatic rings. The Morgan fingerprint density at radius 1 is 1.11 bits per heavy atom. The molecule has 2 rings (SSSR count). The van der Waals surface area contributed by atoms with Crippen molar-refractivity contribution in [3.8, 4) is 0 Å². The van der Waals surface area contributed by atoms with Gasteiger partial charge in [0.05, 0.1) is 0 Å². The maximum atomic E-state index is 6.14. The smallest absolute Gasteiger partial charge is 0.0306 e. The van der Waals surface area contributed by atoms with Crippen molar-refractivity contribution >= 4 is 0 Å². The van der Waals surface area contributed by atoms with E-state index in [1.165, 1.54) is 57.8 Å². The van der Waals surface area contributed by atoms with Crippen molar-refractivity contribution in [2.75, 3.05) is 6.54 Å². The minimum atomic E-state index is 0.259. The van der Waals surface area contributed by atoms with Gasteiger partial charge in [0, 0.05) is 18.1 Å². The van der Waals surface area contributed by atoms with Crippen LogP contribution in [0.15, 0.2) is 0 Å². The highest BCUT2D eigenvalue weighted by molar-refractivity contribution is 4.98. The van der Waals surface area contributed by atoms with E-state index in [1.807, 2.05) is 0 Å². The lowest BCUT2D eigenvalue weighted by Gasteiger charge is -2.46. The van der Waals surface area contributed by atoms with Gasteiger partial charge in [-0.1, -0.05) is 40.0 Å². The summed E-state index contributed by atoms with van der Waals surface area (Å²) in [5.41, 5.74) is 6.91. The lowest BCUT2D eigenvalue weighted by molar-refractivity contribution is 0.0957. The van der Waals surface area contributed by atoms with Crippen LogP contribution in [0.2, 0.25) is 0 Å². The van der Waals surface area contributed by atoms with Gasteiger partial charge in [0.1, 0.15) is 0 Å². The van der Waals surface area contributed by atoms with Crippen LogP contribution in [0.25, 0.3) is 0 Å². The summed E-state index contributed by atoms with van der Waals surface area (Å²) in [5.74, 6) is 0.891. The predicted molar refractivity (Wildman–Crippen MR) is 83.2 cm³/mol. The van der Waals surface area contributed by atoms with E-state index in [-0.39, 0.29) is 5.54 Å². The lowest BCUT2D eigenvalue weighted by Crippen LogP contribution is -2.57. The van der Waals surface area contributed by atoms with Crippen LogP contribution in [0.5, 0.6) is 0 Å². The molecule has 2 saturated carbocycles. The number of hydrogen-bond acceptors (Lipinski definition) is 2. The molecule has 2 aliphatic carbocycles. The van der Waals surface area contributed by atoms with E-state index in [0.29, 0.717) is 5.41 Å². The number of nitrogens with two attached hydrogens (primary N) is 1. The number of hydrogen-bond donors (Lipinski definition) is 2. The fourth-order valence-corrected chi connectivity index (χ4v) is 4.15. The second-order valence-corrected chi connectivity index (χ2v) is 7.73. The van der Waals surface area contributed by atoms with E-state index in [9.17, 15) is 0 Å². The minimum Gasteiger partial charge on any atom is -0.329 e. The summed E-state index contributed by atoms with van der Waals surface area (Å²) in [7, 11) is 0. The van der Waals surface area contributed by atoms with Gasteiger partial charge in [-0.15, -0.1) is 0 Å². The quantitative estimate of drug-likeness (QED) is 0.793. The third-order valence-corrected chi connectivity index (χ3v) is 6.22. The molecule has 0 aromatic rings. The van der Waals surface area contributed by atoms with Crippen molar-refractivity contribution in [2.45, 2.75) is 90.1 Å². The Labute approximate surface area is 119 Å². The Balaban J connectivity index is 1.91. The standard InChI is InChI=1S/C17H34N2/c1-4-16(2,3)14-9-11-17(13-18,12-10-14)19-15-7-5-6-8-15/h14-15,19H,4-13,18H2,1-3H3. The van der Waals surface area contributed by atoms with Crippen LogP contribution in [-0.4, -0.2) is 18.1 Å². The predicted octanol–water partition coefficient (Wildman–Crippen LogP) is 3.84. The fourth-order valence-electron chi connectivity index (χ4n) is 4.15. The molecule has 0 unspecified atom stereocenters. The summed E-state index contributed by atoms with van der Waals surface area (Å²) in [4.78, 5) is 0. The molecule has 0 aromatic carbocycles. The SMILES string of the molecule is CCC(C)(C)C1CCC(CN)(NC2CCCC2)CC1. The zero-order valence-corrected chi connectivity index (χ0v) is 13.3. The van der Waals surface area contributed by atoms with E-state index >= 15 is 0 Å². The second-order valence-electron chi connectivity index (χ2n) is 7.73. The molecule has 0 atom stereocenters. The summed E-state index contributed by atoms with van der Waals surface area (Å²) in [6.07, 6.45) is 12.1. The largest absolute Gasteiger partial charge is 0.329 e. The zero-order chi connectivity index (χ0) is 13.9. The Hall–Kier alpha value is -0.0800. The van der Waals surface area contributed by atoms with E-state index in [1.54, 1.807) is 0 Å². The summed E-state index contributed by atoms with van der Waals surface area (Å²) in [6.45, 7) is 8.04. The summed E-state index contributed by atoms with van der Waals surface area (Å²) in [5, 5.41) is 3.95. The van der Waals surface area contributed by atoms with Gasteiger partial charge < -0.3 is 11.1 Å². The van der Waals surface area contributed by atoms with Crippen LogP contribution >= 0.6 is 0 Å². The van der Waals surface area contributed by atoms with Gasteiger partial charge in [-0.3, -0.25) is 0 Å². The Kier molecular flexibility index (Phi) is 4.94. The molecule has 0 aliphatic heterocycles. The normalized spacial score (nSPS) is 33.8. The van der Waals surface area contributed by atoms with Crippen molar-refractivity contribution < 1.29 is 0 Å². The van der Waals surface area contributed by atoms with Crippen molar-refractivity contribution in [1.82, 2.24) is 5.32 Å². The van der Waals surface area contributed by atoms with Gasteiger partial charge in [0.25, 0.3) is 0 Å².